The van der Waals surface area contributed by atoms with E-state index in [0.717, 1.165) is 28.9 Å². The number of hydrogen-bond acceptors (Lipinski definition) is 4. The van der Waals surface area contributed by atoms with Gasteiger partial charge in [0.2, 0.25) is 0 Å². The average Bonchev–Trinajstić information content (AvgIpc) is 2.75. The molecule has 0 amide bonds. The van der Waals surface area contributed by atoms with Crippen LogP contribution in [-0.4, -0.2) is 16.0 Å². The van der Waals surface area contributed by atoms with Crippen LogP contribution in [0.5, 0.6) is 0 Å². The Morgan fingerprint density at radius 1 is 1.38 bits per heavy atom. The summed E-state index contributed by atoms with van der Waals surface area (Å²) in [7, 11) is 0. The highest BCUT2D eigenvalue weighted by molar-refractivity contribution is 7.18. The van der Waals surface area contributed by atoms with Gasteiger partial charge in [0.1, 0.15) is 10.7 Å². The number of aromatic amines is 1. The van der Waals surface area contributed by atoms with E-state index >= 15 is 0 Å². The largest absolute Gasteiger partial charge is 0.309 e. The SMILES string of the molecule is CC(C)N[C@H](C)c1nc2sc3c(c2c(=O)[nH]1)CC[C@H](C)C3. The zero-order valence-electron chi connectivity index (χ0n) is 13.1. The van der Waals surface area contributed by atoms with E-state index in [4.69, 9.17) is 4.98 Å². The first-order valence-electron chi connectivity index (χ1n) is 7.76. The Bertz CT molecular complexity index is 716. The molecule has 0 aromatic carbocycles. The first-order chi connectivity index (χ1) is 9.95. The van der Waals surface area contributed by atoms with Gasteiger partial charge in [-0.3, -0.25) is 4.79 Å². The van der Waals surface area contributed by atoms with Gasteiger partial charge in [-0.05, 0) is 37.7 Å². The molecule has 4 nitrogen and oxygen atoms in total. The highest BCUT2D eigenvalue weighted by atomic mass is 32.1. The molecule has 5 heteroatoms. The summed E-state index contributed by atoms with van der Waals surface area (Å²) in [4.78, 5) is 22.5. The third kappa shape index (κ3) is 2.77. The molecule has 0 saturated carbocycles. The van der Waals surface area contributed by atoms with Crippen LogP contribution in [-0.2, 0) is 12.8 Å². The fourth-order valence-electron chi connectivity index (χ4n) is 3.15. The van der Waals surface area contributed by atoms with Gasteiger partial charge in [0.25, 0.3) is 5.56 Å². The Kier molecular flexibility index (Phi) is 3.88. The molecule has 0 radical (unpaired) electrons. The number of aromatic nitrogens is 2. The third-order valence-electron chi connectivity index (χ3n) is 4.18. The summed E-state index contributed by atoms with van der Waals surface area (Å²) in [5.74, 6) is 1.46. The molecule has 2 heterocycles. The van der Waals surface area contributed by atoms with Gasteiger partial charge in [0, 0.05) is 10.9 Å². The molecule has 21 heavy (non-hydrogen) atoms. The van der Waals surface area contributed by atoms with Crippen LogP contribution in [0.3, 0.4) is 0 Å². The van der Waals surface area contributed by atoms with Crippen LogP contribution in [0.2, 0.25) is 0 Å². The fourth-order valence-corrected chi connectivity index (χ4v) is 4.54. The van der Waals surface area contributed by atoms with Crippen LogP contribution in [0, 0.1) is 5.92 Å². The van der Waals surface area contributed by atoms with Crippen molar-refractivity contribution in [1.29, 1.82) is 0 Å². The van der Waals surface area contributed by atoms with Crippen molar-refractivity contribution in [3.05, 3.63) is 26.6 Å². The Hall–Kier alpha value is -1.20. The summed E-state index contributed by atoms with van der Waals surface area (Å²) in [5.41, 5.74) is 1.28. The van der Waals surface area contributed by atoms with E-state index in [9.17, 15) is 4.79 Å². The van der Waals surface area contributed by atoms with E-state index < -0.39 is 0 Å². The Morgan fingerprint density at radius 3 is 2.86 bits per heavy atom. The normalized spacial score (nSPS) is 20.0. The zero-order chi connectivity index (χ0) is 15.1. The number of nitrogens with one attached hydrogen (secondary N) is 2. The van der Waals surface area contributed by atoms with Crippen LogP contribution in [0.15, 0.2) is 4.79 Å². The zero-order valence-corrected chi connectivity index (χ0v) is 13.9. The number of H-pyrrole nitrogens is 1. The molecule has 0 spiro atoms. The fraction of sp³-hybridized carbons (Fsp3) is 0.625. The molecule has 0 saturated heterocycles. The molecular weight excluding hydrogens is 282 g/mol. The molecule has 0 unspecified atom stereocenters. The highest BCUT2D eigenvalue weighted by Crippen LogP contribution is 2.35. The van der Waals surface area contributed by atoms with Gasteiger partial charge < -0.3 is 10.3 Å². The quantitative estimate of drug-likeness (QED) is 0.915. The average molecular weight is 305 g/mol. The first kappa shape index (κ1) is 14.7. The van der Waals surface area contributed by atoms with Gasteiger partial charge in [0.05, 0.1) is 11.4 Å². The minimum absolute atomic E-state index is 0.0273. The second-order valence-electron chi connectivity index (χ2n) is 6.53. The summed E-state index contributed by atoms with van der Waals surface area (Å²) in [6.45, 7) is 8.52. The van der Waals surface area contributed by atoms with Crippen molar-refractivity contribution in [1.82, 2.24) is 15.3 Å². The second-order valence-corrected chi connectivity index (χ2v) is 7.61. The number of thiophene rings is 1. The second kappa shape index (κ2) is 5.54. The van der Waals surface area contributed by atoms with Gasteiger partial charge in [0.15, 0.2) is 0 Å². The van der Waals surface area contributed by atoms with Gasteiger partial charge in [-0.25, -0.2) is 4.98 Å². The maximum absolute atomic E-state index is 12.5. The minimum Gasteiger partial charge on any atom is -0.309 e. The van der Waals surface area contributed by atoms with E-state index in [-0.39, 0.29) is 11.6 Å². The summed E-state index contributed by atoms with van der Waals surface area (Å²) in [6, 6.07) is 0.415. The van der Waals surface area contributed by atoms with Crippen molar-refractivity contribution < 1.29 is 0 Å². The van der Waals surface area contributed by atoms with Gasteiger partial charge in [-0.1, -0.05) is 20.8 Å². The van der Waals surface area contributed by atoms with Crippen molar-refractivity contribution in [3.8, 4) is 0 Å². The molecule has 2 aromatic rings. The molecule has 3 rings (SSSR count). The van der Waals surface area contributed by atoms with E-state index in [1.807, 2.05) is 6.92 Å². The summed E-state index contributed by atoms with van der Waals surface area (Å²) in [5, 5.41) is 4.23. The lowest BCUT2D eigenvalue weighted by Gasteiger charge is -2.17. The van der Waals surface area contributed by atoms with Crippen LogP contribution in [0.1, 0.15) is 56.4 Å². The van der Waals surface area contributed by atoms with Crippen LogP contribution in [0.4, 0.5) is 0 Å². The van der Waals surface area contributed by atoms with Crippen molar-refractivity contribution in [2.75, 3.05) is 0 Å². The molecule has 114 valence electrons. The molecule has 2 atom stereocenters. The summed E-state index contributed by atoms with van der Waals surface area (Å²) < 4.78 is 0. The lowest BCUT2D eigenvalue weighted by atomic mass is 9.89. The third-order valence-corrected chi connectivity index (χ3v) is 5.33. The smallest absolute Gasteiger partial charge is 0.259 e. The first-order valence-corrected chi connectivity index (χ1v) is 8.58. The standard InChI is InChI=1S/C16H23N3OS/c1-8(2)17-10(4)14-18-15(20)13-11-6-5-9(3)7-12(11)21-16(13)19-14/h8-10,17H,5-7H2,1-4H3,(H,18,19,20)/t9-,10+/m0/s1. The molecule has 0 aliphatic heterocycles. The monoisotopic (exact) mass is 305 g/mol. The van der Waals surface area contributed by atoms with Gasteiger partial charge in [-0.2, -0.15) is 0 Å². The lowest BCUT2D eigenvalue weighted by Crippen LogP contribution is -2.29. The van der Waals surface area contributed by atoms with Crippen LogP contribution < -0.4 is 10.9 Å². The molecule has 0 fully saturated rings. The van der Waals surface area contributed by atoms with E-state index in [0.29, 0.717) is 12.0 Å². The highest BCUT2D eigenvalue weighted by Gasteiger charge is 2.23. The molecule has 1 aliphatic carbocycles. The van der Waals surface area contributed by atoms with Crippen molar-refractivity contribution >= 4 is 21.6 Å². The van der Waals surface area contributed by atoms with E-state index in [1.165, 1.54) is 16.9 Å². The number of hydrogen-bond donors (Lipinski definition) is 2. The number of rotatable bonds is 3. The molecule has 2 N–H and O–H groups in total. The molecular formula is C16H23N3OS. The predicted molar refractivity (Wildman–Crippen MR) is 88.1 cm³/mol. The predicted octanol–water partition coefficient (Wildman–Crippen LogP) is 3.17. The number of fused-ring (bicyclic) bond motifs is 3. The lowest BCUT2D eigenvalue weighted by molar-refractivity contribution is 0.487. The minimum atomic E-state index is 0.0273. The summed E-state index contributed by atoms with van der Waals surface area (Å²) in [6.07, 6.45) is 3.27. The van der Waals surface area contributed by atoms with Crippen LogP contribution in [0.25, 0.3) is 10.2 Å². The molecule has 0 bridgehead atoms. The Balaban J connectivity index is 2.07. The van der Waals surface area contributed by atoms with Gasteiger partial charge >= 0.3 is 0 Å². The van der Waals surface area contributed by atoms with Crippen molar-refractivity contribution in [3.63, 3.8) is 0 Å². The number of aryl methyl sites for hydroxylation is 1. The van der Waals surface area contributed by atoms with E-state index in [2.05, 4.69) is 31.1 Å². The van der Waals surface area contributed by atoms with Crippen LogP contribution >= 0.6 is 11.3 Å². The Morgan fingerprint density at radius 2 is 2.14 bits per heavy atom. The maximum atomic E-state index is 12.5. The Labute approximate surface area is 129 Å². The number of nitrogens with zero attached hydrogens (tertiary/aromatic N) is 1. The molecule has 1 aliphatic rings. The van der Waals surface area contributed by atoms with Crippen molar-refractivity contribution in [2.24, 2.45) is 5.92 Å². The van der Waals surface area contributed by atoms with Crippen molar-refractivity contribution in [2.45, 2.75) is 59.0 Å². The van der Waals surface area contributed by atoms with E-state index in [1.54, 1.807) is 11.3 Å². The van der Waals surface area contributed by atoms with Gasteiger partial charge in [-0.15, -0.1) is 11.3 Å². The topological polar surface area (TPSA) is 57.8 Å². The molecule has 2 aromatic heterocycles. The maximum Gasteiger partial charge on any atom is 0.259 e. The summed E-state index contributed by atoms with van der Waals surface area (Å²) >= 11 is 1.71.